The van der Waals surface area contributed by atoms with Crippen LogP contribution in [0, 0.1) is 18.8 Å². The van der Waals surface area contributed by atoms with Crippen molar-refractivity contribution >= 4 is 18.1 Å². The van der Waals surface area contributed by atoms with Crippen LogP contribution in [-0.4, -0.2) is 25.7 Å². The fourth-order valence-electron chi connectivity index (χ4n) is 1.93. The Kier molecular flexibility index (Phi) is 8.08. The molecule has 0 bridgehead atoms. The van der Waals surface area contributed by atoms with E-state index in [2.05, 4.69) is 21.9 Å². The molecule has 0 atom stereocenters. The van der Waals surface area contributed by atoms with Gasteiger partial charge in [0.1, 0.15) is 0 Å². The molecule has 0 radical (unpaired) electrons. The van der Waals surface area contributed by atoms with Gasteiger partial charge >= 0.3 is 12.1 Å². The van der Waals surface area contributed by atoms with Crippen molar-refractivity contribution in [3.63, 3.8) is 0 Å². The largest absolute Gasteiger partial charge is 0.465 e. The standard InChI is InChI=1S/C18H15NO3.C2H3F3/c1-13-5-3-4-6-14(13)7-8-15-9-10-16(18(21)22-2)11-17(15)19-12-20;1-2(3,4)5/h3-6,9-12H,1-2H3,(H,19,20);1H3. The number of methoxy groups -OCH3 is 1. The lowest BCUT2D eigenvalue weighted by Gasteiger charge is -2.05. The smallest absolute Gasteiger partial charge is 0.386 e. The van der Waals surface area contributed by atoms with Gasteiger partial charge in [-0.15, -0.1) is 0 Å². The molecule has 0 fully saturated rings. The molecule has 0 saturated heterocycles. The van der Waals surface area contributed by atoms with Gasteiger partial charge in [-0.05, 0) is 36.8 Å². The molecule has 0 aromatic heterocycles. The first-order valence-corrected chi connectivity index (χ1v) is 7.72. The van der Waals surface area contributed by atoms with E-state index >= 15 is 0 Å². The van der Waals surface area contributed by atoms with Crippen molar-refractivity contribution in [2.45, 2.75) is 20.0 Å². The lowest BCUT2D eigenvalue weighted by atomic mass is 10.1. The van der Waals surface area contributed by atoms with E-state index in [0.29, 0.717) is 23.2 Å². The van der Waals surface area contributed by atoms with E-state index in [1.165, 1.54) is 7.11 Å². The quantitative estimate of drug-likeness (QED) is 0.492. The van der Waals surface area contributed by atoms with E-state index in [1.807, 2.05) is 31.2 Å². The first kappa shape index (κ1) is 21.8. The number of alkyl halides is 3. The first-order chi connectivity index (χ1) is 12.7. The summed E-state index contributed by atoms with van der Waals surface area (Å²) in [5, 5.41) is 2.56. The predicted molar refractivity (Wildman–Crippen MR) is 96.4 cm³/mol. The summed E-state index contributed by atoms with van der Waals surface area (Å²) in [7, 11) is 1.31. The highest BCUT2D eigenvalue weighted by Crippen LogP contribution is 2.17. The average molecular weight is 377 g/mol. The molecule has 1 amide bonds. The van der Waals surface area contributed by atoms with Crippen molar-refractivity contribution < 1.29 is 27.5 Å². The number of esters is 1. The van der Waals surface area contributed by atoms with Gasteiger partial charge in [-0.25, -0.2) is 4.79 Å². The highest BCUT2D eigenvalue weighted by atomic mass is 19.4. The third-order valence-corrected chi connectivity index (χ3v) is 3.13. The van der Waals surface area contributed by atoms with Crippen LogP contribution in [0.25, 0.3) is 0 Å². The van der Waals surface area contributed by atoms with Crippen LogP contribution < -0.4 is 5.32 Å². The summed E-state index contributed by atoms with van der Waals surface area (Å²) >= 11 is 0. The molecule has 2 aromatic rings. The third-order valence-electron chi connectivity index (χ3n) is 3.13. The second-order valence-corrected chi connectivity index (χ2v) is 5.36. The Morgan fingerprint density at radius 3 is 2.26 bits per heavy atom. The molecule has 0 heterocycles. The second kappa shape index (κ2) is 10.0. The van der Waals surface area contributed by atoms with Crippen LogP contribution in [-0.2, 0) is 9.53 Å². The van der Waals surface area contributed by atoms with Gasteiger partial charge in [0, 0.05) is 18.1 Å². The van der Waals surface area contributed by atoms with Crippen LogP contribution in [0.4, 0.5) is 18.9 Å². The highest BCUT2D eigenvalue weighted by molar-refractivity contribution is 5.92. The summed E-state index contributed by atoms with van der Waals surface area (Å²) in [6.07, 6.45) is -3.45. The Labute approximate surface area is 155 Å². The minimum atomic E-state index is -4.00. The van der Waals surface area contributed by atoms with E-state index in [0.717, 1.165) is 11.1 Å². The zero-order valence-corrected chi connectivity index (χ0v) is 15.0. The van der Waals surface area contributed by atoms with E-state index in [1.54, 1.807) is 18.2 Å². The normalized spacial score (nSPS) is 9.85. The second-order valence-electron chi connectivity index (χ2n) is 5.36. The van der Waals surface area contributed by atoms with Gasteiger partial charge in [-0.3, -0.25) is 4.79 Å². The number of hydrogen-bond donors (Lipinski definition) is 1. The SMILES string of the molecule is CC(F)(F)F.COC(=O)c1ccc(C#Cc2ccccc2C)c(NC=O)c1. The number of aryl methyl sites for hydroxylation is 1. The Bertz CT molecular complexity index is 859. The minimum Gasteiger partial charge on any atom is -0.465 e. The molecule has 0 unspecified atom stereocenters. The Balaban J connectivity index is 0.000000646. The van der Waals surface area contributed by atoms with Gasteiger partial charge in [-0.2, -0.15) is 13.2 Å². The molecule has 1 N–H and O–H groups in total. The van der Waals surface area contributed by atoms with Crippen LogP contribution in [0.1, 0.15) is 34.0 Å². The van der Waals surface area contributed by atoms with Crippen LogP contribution in [0.15, 0.2) is 42.5 Å². The molecule has 2 rings (SSSR count). The fourth-order valence-corrected chi connectivity index (χ4v) is 1.93. The highest BCUT2D eigenvalue weighted by Gasteiger charge is 2.15. The number of benzene rings is 2. The molecule has 0 aliphatic rings. The topological polar surface area (TPSA) is 55.4 Å². The van der Waals surface area contributed by atoms with Gasteiger partial charge in [0.05, 0.1) is 18.4 Å². The molecular weight excluding hydrogens is 359 g/mol. The monoisotopic (exact) mass is 377 g/mol. The molecule has 27 heavy (non-hydrogen) atoms. The lowest BCUT2D eigenvalue weighted by Crippen LogP contribution is -2.04. The average Bonchev–Trinajstić information content (AvgIpc) is 2.60. The summed E-state index contributed by atoms with van der Waals surface area (Å²) in [6, 6.07) is 12.6. The van der Waals surface area contributed by atoms with Crippen LogP contribution >= 0.6 is 0 Å². The van der Waals surface area contributed by atoms with Gasteiger partial charge < -0.3 is 10.1 Å². The number of ether oxygens (including phenoxy) is 1. The molecule has 142 valence electrons. The Morgan fingerprint density at radius 1 is 1.11 bits per heavy atom. The number of nitrogens with one attached hydrogen (secondary N) is 1. The van der Waals surface area contributed by atoms with Gasteiger partial charge in [-0.1, -0.05) is 30.0 Å². The van der Waals surface area contributed by atoms with Crippen LogP contribution in [0.5, 0.6) is 0 Å². The number of rotatable bonds is 3. The molecule has 7 heteroatoms. The maximum atomic E-state index is 11.5. The number of carbonyl (C=O) groups excluding carboxylic acids is 2. The van der Waals surface area contributed by atoms with Crippen LogP contribution in [0.2, 0.25) is 0 Å². The van der Waals surface area contributed by atoms with Crippen molar-refractivity contribution in [1.29, 1.82) is 0 Å². The molecule has 2 aromatic carbocycles. The molecule has 0 aliphatic carbocycles. The Morgan fingerprint density at radius 2 is 1.70 bits per heavy atom. The predicted octanol–water partition coefficient (Wildman–Crippen LogP) is 4.32. The number of hydrogen-bond acceptors (Lipinski definition) is 3. The molecule has 0 spiro atoms. The van der Waals surface area contributed by atoms with Crippen LogP contribution in [0.3, 0.4) is 0 Å². The van der Waals surface area contributed by atoms with Crippen molar-refractivity contribution in [2.75, 3.05) is 12.4 Å². The third kappa shape index (κ3) is 8.10. The first-order valence-electron chi connectivity index (χ1n) is 7.72. The van der Waals surface area contributed by atoms with Crippen molar-refractivity contribution in [3.05, 3.63) is 64.7 Å². The Hall–Kier alpha value is -3.27. The minimum absolute atomic E-state index is 0.188. The maximum absolute atomic E-state index is 11.5. The lowest BCUT2D eigenvalue weighted by molar-refractivity contribution is -0.110. The number of anilines is 1. The summed E-state index contributed by atoms with van der Waals surface area (Å²) in [5.74, 6) is 5.62. The summed E-state index contributed by atoms with van der Waals surface area (Å²) < 4.78 is 35.7. The zero-order chi connectivity index (χ0) is 20.4. The van der Waals surface area contributed by atoms with Crippen molar-refractivity contribution in [1.82, 2.24) is 0 Å². The molecule has 0 saturated carbocycles. The van der Waals surface area contributed by atoms with E-state index in [4.69, 9.17) is 0 Å². The summed E-state index contributed by atoms with van der Waals surface area (Å²) in [6.45, 7) is 2.17. The summed E-state index contributed by atoms with van der Waals surface area (Å²) in [4.78, 5) is 22.3. The number of halogens is 3. The van der Waals surface area contributed by atoms with Crippen molar-refractivity contribution in [3.8, 4) is 11.8 Å². The summed E-state index contributed by atoms with van der Waals surface area (Å²) in [5.41, 5.74) is 3.44. The zero-order valence-electron chi connectivity index (χ0n) is 15.0. The van der Waals surface area contributed by atoms with E-state index in [-0.39, 0.29) is 6.92 Å². The van der Waals surface area contributed by atoms with Gasteiger partial charge in [0.15, 0.2) is 0 Å². The fraction of sp³-hybridized carbons (Fsp3) is 0.200. The molecule has 0 aliphatic heterocycles. The van der Waals surface area contributed by atoms with Gasteiger partial charge in [0.2, 0.25) is 6.41 Å². The molecular formula is C20H18F3NO3. The molecule has 4 nitrogen and oxygen atoms in total. The van der Waals surface area contributed by atoms with E-state index in [9.17, 15) is 22.8 Å². The maximum Gasteiger partial charge on any atom is 0.386 e. The van der Waals surface area contributed by atoms with E-state index < -0.39 is 12.1 Å². The number of carbonyl (C=O) groups is 2. The van der Waals surface area contributed by atoms with Crippen molar-refractivity contribution in [2.24, 2.45) is 0 Å². The van der Waals surface area contributed by atoms with Gasteiger partial charge in [0.25, 0.3) is 0 Å². The number of amides is 1.